The summed E-state index contributed by atoms with van der Waals surface area (Å²) in [7, 11) is -1.13. The van der Waals surface area contributed by atoms with Crippen LogP contribution in [0.3, 0.4) is 0 Å². The monoisotopic (exact) mass is 269 g/mol. The Morgan fingerprint density at radius 3 is 2.94 bits per heavy atom. The molecular weight excluding hydrogens is 258 g/mol. The fraction of sp³-hybridized carbons (Fsp3) is 0.182. The Kier molecular flexibility index (Phi) is 3.81. The predicted octanol–water partition coefficient (Wildman–Crippen LogP) is 1.93. The lowest BCUT2D eigenvalue weighted by atomic mass is 10.3. The van der Waals surface area contributed by atoms with Gasteiger partial charge in [-0.15, -0.1) is 0 Å². The van der Waals surface area contributed by atoms with Crippen molar-refractivity contribution in [3.05, 3.63) is 41.7 Å². The lowest BCUT2D eigenvalue weighted by molar-refractivity contribution is 0.644. The molecule has 1 unspecified atom stereocenters. The molecule has 0 bridgehead atoms. The van der Waals surface area contributed by atoms with E-state index < -0.39 is 10.8 Å². The third kappa shape index (κ3) is 3.08. The molecule has 1 heterocycles. The van der Waals surface area contributed by atoms with E-state index >= 15 is 0 Å². The van der Waals surface area contributed by atoms with Crippen molar-refractivity contribution in [2.45, 2.75) is 11.4 Å². The van der Waals surface area contributed by atoms with E-state index in [4.69, 9.17) is 17.3 Å². The van der Waals surface area contributed by atoms with Crippen molar-refractivity contribution in [1.82, 2.24) is 9.78 Å². The van der Waals surface area contributed by atoms with E-state index in [0.717, 1.165) is 0 Å². The molecular formula is C11H12ClN3OS. The van der Waals surface area contributed by atoms with E-state index in [1.165, 1.54) is 0 Å². The molecule has 1 atom stereocenters. The largest absolute Gasteiger partial charge is 0.398 e. The number of nitrogens with zero attached hydrogens (tertiary/aromatic N) is 2. The molecule has 0 aliphatic carbocycles. The molecule has 0 spiro atoms. The summed E-state index contributed by atoms with van der Waals surface area (Å²) in [4.78, 5) is 0.626. The van der Waals surface area contributed by atoms with Crippen LogP contribution in [0, 0.1) is 0 Å². The summed E-state index contributed by atoms with van der Waals surface area (Å²) in [5.41, 5.74) is 6.24. The summed E-state index contributed by atoms with van der Waals surface area (Å²) < 4.78 is 13.8. The maximum absolute atomic E-state index is 12.0. The zero-order valence-corrected chi connectivity index (χ0v) is 10.6. The number of hydrogen-bond acceptors (Lipinski definition) is 3. The number of nitrogens with two attached hydrogens (primary N) is 1. The summed E-state index contributed by atoms with van der Waals surface area (Å²) in [5.74, 6) is 0.480. The van der Waals surface area contributed by atoms with Crippen molar-refractivity contribution < 1.29 is 4.21 Å². The topological polar surface area (TPSA) is 60.9 Å². The van der Waals surface area contributed by atoms with Gasteiger partial charge in [-0.3, -0.25) is 8.89 Å². The molecule has 2 rings (SSSR count). The van der Waals surface area contributed by atoms with Crippen LogP contribution in [0.4, 0.5) is 5.69 Å². The van der Waals surface area contributed by atoms with Gasteiger partial charge in [-0.2, -0.15) is 5.10 Å². The summed E-state index contributed by atoms with van der Waals surface area (Å²) in [5, 5.41) is 4.60. The maximum atomic E-state index is 12.0. The van der Waals surface area contributed by atoms with E-state index in [-0.39, 0.29) is 0 Å². The zero-order chi connectivity index (χ0) is 12.3. The first-order chi connectivity index (χ1) is 8.16. The lowest BCUT2D eigenvalue weighted by Crippen LogP contribution is -2.09. The van der Waals surface area contributed by atoms with Crippen molar-refractivity contribution in [3.63, 3.8) is 0 Å². The van der Waals surface area contributed by atoms with Gasteiger partial charge in [0.15, 0.2) is 0 Å². The number of aryl methyl sites for hydroxylation is 1. The molecule has 2 N–H and O–H groups in total. The van der Waals surface area contributed by atoms with Crippen molar-refractivity contribution in [2.75, 3.05) is 11.5 Å². The first-order valence-electron chi connectivity index (χ1n) is 5.07. The van der Waals surface area contributed by atoms with Gasteiger partial charge in [-0.25, -0.2) is 0 Å². The van der Waals surface area contributed by atoms with Gasteiger partial charge in [0.1, 0.15) is 0 Å². The van der Waals surface area contributed by atoms with Crippen LogP contribution in [0.1, 0.15) is 0 Å². The highest BCUT2D eigenvalue weighted by molar-refractivity contribution is 7.85. The van der Waals surface area contributed by atoms with Gasteiger partial charge < -0.3 is 5.73 Å². The van der Waals surface area contributed by atoms with Crippen LogP contribution in [0.25, 0.3) is 0 Å². The molecule has 0 saturated carbocycles. The van der Waals surface area contributed by atoms with Crippen LogP contribution in [0.5, 0.6) is 0 Å². The summed E-state index contributed by atoms with van der Waals surface area (Å²) in [6.45, 7) is 0.599. The van der Waals surface area contributed by atoms with E-state index in [2.05, 4.69) is 5.10 Å². The third-order valence-corrected chi connectivity index (χ3v) is 3.93. The number of hydrogen-bond donors (Lipinski definition) is 1. The lowest BCUT2D eigenvalue weighted by Gasteiger charge is -2.06. The number of anilines is 1. The summed E-state index contributed by atoms with van der Waals surface area (Å²) >= 11 is 5.79. The van der Waals surface area contributed by atoms with Crippen molar-refractivity contribution in [2.24, 2.45) is 0 Å². The minimum Gasteiger partial charge on any atom is -0.398 e. The highest BCUT2D eigenvalue weighted by Crippen LogP contribution is 2.21. The molecule has 0 amide bonds. The summed E-state index contributed by atoms with van der Waals surface area (Å²) in [6.07, 6.45) is 3.53. The second-order valence-electron chi connectivity index (χ2n) is 3.50. The fourth-order valence-electron chi connectivity index (χ4n) is 1.45. The Balaban J connectivity index is 2.04. The first-order valence-corrected chi connectivity index (χ1v) is 6.77. The van der Waals surface area contributed by atoms with Crippen LogP contribution in [0.15, 0.2) is 41.6 Å². The minimum absolute atomic E-state index is 0.469. The number of halogens is 1. The maximum Gasteiger partial charge on any atom is 0.0619 e. The van der Waals surface area contributed by atoms with Crippen LogP contribution < -0.4 is 5.73 Å². The molecule has 0 aliphatic heterocycles. The molecule has 0 fully saturated rings. The fourth-order valence-corrected chi connectivity index (χ4v) is 2.74. The van der Waals surface area contributed by atoms with Gasteiger partial charge in [-0.1, -0.05) is 11.6 Å². The van der Waals surface area contributed by atoms with Crippen LogP contribution >= 0.6 is 11.6 Å². The van der Waals surface area contributed by atoms with Crippen LogP contribution in [-0.4, -0.2) is 19.7 Å². The van der Waals surface area contributed by atoms with Crippen molar-refractivity contribution in [3.8, 4) is 0 Å². The molecule has 90 valence electrons. The van der Waals surface area contributed by atoms with Crippen molar-refractivity contribution >= 4 is 28.1 Å². The zero-order valence-electron chi connectivity index (χ0n) is 9.04. The van der Waals surface area contributed by atoms with Gasteiger partial charge in [0.05, 0.1) is 22.2 Å². The van der Waals surface area contributed by atoms with E-state index in [1.54, 1.807) is 29.1 Å². The SMILES string of the molecule is Nc1cc(Cl)ccc1S(=O)CCn1cccn1. The minimum atomic E-state index is -1.13. The molecule has 0 aliphatic rings. The Morgan fingerprint density at radius 2 is 2.29 bits per heavy atom. The molecule has 4 nitrogen and oxygen atoms in total. The Labute approximate surface area is 107 Å². The van der Waals surface area contributed by atoms with Crippen LogP contribution in [-0.2, 0) is 17.3 Å². The third-order valence-electron chi connectivity index (χ3n) is 2.28. The van der Waals surface area contributed by atoms with Crippen molar-refractivity contribution in [1.29, 1.82) is 0 Å². The molecule has 0 radical (unpaired) electrons. The van der Waals surface area contributed by atoms with Gasteiger partial charge in [0.2, 0.25) is 0 Å². The quantitative estimate of drug-likeness (QED) is 0.863. The van der Waals surface area contributed by atoms with E-state index in [9.17, 15) is 4.21 Å². The normalized spacial score (nSPS) is 12.5. The molecule has 0 saturated heterocycles. The highest BCUT2D eigenvalue weighted by atomic mass is 35.5. The summed E-state index contributed by atoms with van der Waals surface area (Å²) in [6, 6.07) is 6.85. The number of rotatable bonds is 4. The Morgan fingerprint density at radius 1 is 1.47 bits per heavy atom. The number of nitrogen functional groups attached to an aromatic ring is 1. The predicted molar refractivity (Wildman–Crippen MR) is 69.4 cm³/mol. The van der Waals surface area contributed by atoms with Gasteiger partial charge >= 0.3 is 0 Å². The number of benzene rings is 1. The highest BCUT2D eigenvalue weighted by Gasteiger charge is 2.08. The van der Waals surface area contributed by atoms with E-state index in [0.29, 0.717) is 27.9 Å². The van der Waals surface area contributed by atoms with Gasteiger partial charge in [0, 0.05) is 28.9 Å². The first kappa shape index (κ1) is 12.1. The number of aromatic nitrogens is 2. The van der Waals surface area contributed by atoms with Gasteiger partial charge in [0.25, 0.3) is 0 Å². The van der Waals surface area contributed by atoms with Crippen LogP contribution in [0.2, 0.25) is 5.02 Å². The second-order valence-corrected chi connectivity index (χ2v) is 5.48. The average molecular weight is 270 g/mol. The Bertz CT molecular complexity index is 528. The molecule has 1 aromatic heterocycles. The second kappa shape index (κ2) is 5.33. The molecule has 6 heteroatoms. The van der Waals surface area contributed by atoms with E-state index in [1.807, 2.05) is 12.3 Å². The molecule has 17 heavy (non-hydrogen) atoms. The van der Waals surface area contributed by atoms with Gasteiger partial charge in [-0.05, 0) is 24.3 Å². The smallest absolute Gasteiger partial charge is 0.0619 e. The standard InChI is InChI=1S/C11H12ClN3OS/c12-9-2-3-11(10(13)8-9)17(16)7-6-15-5-1-4-14-15/h1-5,8H,6-7,13H2. The molecule has 1 aromatic carbocycles. The Hall–Kier alpha value is -1.33. The average Bonchev–Trinajstić information content (AvgIpc) is 2.78. The molecule has 2 aromatic rings.